The molecule has 10 heteroatoms. The molecule has 0 bridgehead atoms. The summed E-state index contributed by atoms with van der Waals surface area (Å²) in [6.45, 7) is 0. The number of fused-ring (bicyclic) bond motifs is 1. The first kappa shape index (κ1) is 21.6. The molecule has 2 aromatic carbocycles. The summed E-state index contributed by atoms with van der Waals surface area (Å²) in [6, 6.07) is 14.4. The molecule has 4 aromatic rings. The van der Waals surface area contributed by atoms with Crippen LogP contribution in [0.1, 0.15) is 5.56 Å². The van der Waals surface area contributed by atoms with Crippen molar-refractivity contribution in [3.8, 4) is 5.69 Å². The normalized spacial score (nSPS) is 12.7. The molecule has 31 heavy (non-hydrogen) atoms. The minimum atomic E-state index is -3.73. The third-order valence-corrected chi connectivity index (χ3v) is 6.40. The van der Waals surface area contributed by atoms with Crippen LogP contribution >= 0.6 is 23.2 Å². The predicted molar refractivity (Wildman–Crippen MR) is 124 cm³/mol. The Morgan fingerprint density at radius 1 is 1.13 bits per heavy atom. The molecule has 0 aliphatic rings. The third kappa shape index (κ3) is 5.16. The number of nitrogens with one attached hydrogen (secondary N) is 1. The largest absolute Gasteiger partial charge is 0.366 e. The van der Waals surface area contributed by atoms with E-state index in [4.69, 9.17) is 28.3 Å². The zero-order valence-corrected chi connectivity index (χ0v) is 18.6. The van der Waals surface area contributed by atoms with Gasteiger partial charge in [0.05, 0.1) is 33.3 Å². The monoisotopic (exact) mass is 475 g/mol. The summed E-state index contributed by atoms with van der Waals surface area (Å²) in [7, 11) is -3.73. The van der Waals surface area contributed by atoms with Gasteiger partial charge in [-0.25, -0.2) is 23.5 Å². The number of pyridine rings is 1. The van der Waals surface area contributed by atoms with Gasteiger partial charge in [-0.05, 0) is 24.1 Å². The van der Waals surface area contributed by atoms with Gasteiger partial charge in [0.2, 0.25) is 10.0 Å². The van der Waals surface area contributed by atoms with Gasteiger partial charge in [0.1, 0.15) is 5.82 Å². The lowest BCUT2D eigenvalue weighted by molar-refractivity contribution is 0.590. The first-order chi connectivity index (χ1) is 14.8. The highest BCUT2D eigenvalue weighted by atomic mass is 35.5. The van der Waals surface area contributed by atoms with Crippen LogP contribution in [0.5, 0.6) is 0 Å². The van der Waals surface area contributed by atoms with E-state index in [0.717, 1.165) is 16.6 Å². The molecule has 0 aliphatic carbocycles. The average Bonchev–Trinajstić information content (AvgIpc) is 3.25. The van der Waals surface area contributed by atoms with E-state index in [9.17, 15) is 8.42 Å². The van der Waals surface area contributed by atoms with Crippen LogP contribution < -0.4 is 10.5 Å². The van der Waals surface area contributed by atoms with Crippen molar-refractivity contribution >= 4 is 49.9 Å². The van der Waals surface area contributed by atoms with Crippen molar-refractivity contribution in [3.63, 3.8) is 0 Å². The Labute approximate surface area is 189 Å². The number of hydrogen-bond donors (Lipinski definition) is 2. The highest BCUT2D eigenvalue weighted by molar-refractivity contribution is 7.89. The molecular weight excluding hydrogens is 457 g/mol. The van der Waals surface area contributed by atoms with Crippen molar-refractivity contribution in [2.45, 2.75) is 12.5 Å². The second kappa shape index (κ2) is 8.84. The molecule has 0 amide bonds. The molecular formula is C21H19Cl2N5O2S. The zero-order chi connectivity index (χ0) is 22.0. The number of benzene rings is 2. The van der Waals surface area contributed by atoms with Gasteiger partial charge in [0.25, 0.3) is 0 Å². The number of imidazole rings is 1. The lowest BCUT2D eigenvalue weighted by atomic mass is 10.1. The van der Waals surface area contributed by atoms with Gasteiger partial charge in [-0.2, -0.15) is 0 Å². The van der Waals surface area contributed by atoms with E-state index in [1.807, 2.05) is 47.0 Å². The number of nitrogens with two attached hydrogens (primary N) is 1. The smallest absolute Gasteiger partial charge is 0.211 e. The molecule has 0 aliphatic heterocycles. The van der Waals surface area contributed by atoms with E-state index in [1.165, 1.54) is 0 Å². The fourth-order valence-corrected chi connectivity index (χ4v) is 4.57. The number of halogens is 2. The van der Waals surface area contributed by atoms with Gasteiger partial charge in [-0.3, -0.25) is 0 Å². The maximum absolute atomic E-state index is 11.9. The summed E-state index contributed by atoms with van der Waals surface area (Å²) in [5, 5.41) is 10.0. The Morgan fingerprint density at radius 3 is 2.58 bits per heavy atom. The fourth-order valence-electron chi connectivity index (χ4n) is 3.44. The summed E-state index contributed by atoms with van der Waals surface area (Å²) in [4.78, 5) is 8.73. The summed E-state index contributed by atoms with van der Waals surface area (Å²) < 4.78 is 25.5. The van der Waals surface area contributed by atoms with Gasteiger partial charge in [0.15, 0.2) is 0 Å². The van der Waals surface area contributed by atoms with E-state index in [-0.39, 0.29) is 5.75 Å². The van der Waals surface area contributed by atoms with E-state index in [2.05, 4.69) is 15.3 Å². The summed E-state index contributed by atoms with van der Waals surface area (Å²) >= 11 is 12.7. The first-order valence-electron chi connectivity index (χ1n) is 9.38. The van der Waals surface area contributed by atoms with Gasteiger partial charge < -0.3 is 9.88 Å². The molecule has 4 rings (SSSR count). The van der Waals surface area contributed by atoms with Crippen molar-refractivity contribution < 1.29 is 8.42 Å². The van der Waals surface area contributed by atoms with Gasteiger partial charge in [-0.1, -0.05) is 53.5 Å². The molecule has 0 fully saturated rings. The molecule has 2 heterocycles. The highest BCUT2D eigenvalue weighted by Gasteiger charge is 2.19. The number of primary sulfonamides is 1. The maximum atomic E-state index is 11.9. The van der Waals surface area contributed by atoms with Gasteiger partial charge >= 0.3 is 0 Å². The quantitative estimate of drug-likeness (QED) is 0.419. The Balaban J connectivity index is 1.78. The number of nitrogens with zero attached hydrogens (tertiary/aromatic N) is 3. The van der Waals surface area contributed by atoms with Crippen LogP contribution in [0.15, 0.2) is 67.3 Å². The molecule has 2 aromatic heterocycles. The molecule has 1 atom stereocenters. The molecule has 0 radical (unpaired) electrons. The van der Waals surface area contributed by atoms with Crippen LogP contribution in [-0.2, 0) is 16.4 Å². The molecule has 3 N–H and O–H groups in total. The van der Waals surface area contributed by atoms with E-state index in [0.29, 0.717) is 27.8 Å². The maximum Gasteiger partial charge on any atom is 0.211 e. The van der Waals surface area contributed by atoms with Crippen molar-refractivity contribution in [3.05, 3.63) is 82.9 Å². The first-order valence-corrected chi connectivity index (χ1v) is 11.9. The van der Waals surface area contributed by atoms with Crippen LogP contribution in [0.25, 0.3) is 16.6 Å². The van der Waals surface area contributed by atoms with Crippen molar-refractivity contribution in [2.75, 3.05) is 11.1 Å². The lowest BCUT2D eigenvalue weighted by Crippen LogP contribution is -2.34. The number of sulfonamides is 1. The number of rotatable bonds is 7. The van der Waals surface area contributed by atoms with Crippen LogP contribution in [0.4, 0.5) is 5.82 Å². The van der Waals surface area contributed by atoms with Crippen LogP contribution in [0, 0.1) is 0 Å². The fraction of sp³-hybridized carbons (Fsp3) is 0.143. The van der Waals surface area contributed by atoms with Crippen LogP contribution in [-0.4, -0.2) is 34.7 Å². The number of aromatic nitrogens is 3. The lowest BCUT2D eigenvalue weighted by Gasteiger charge is -2.20. The van der Waals surface area contributed by atoms with Crippen molar-refractivity contribution in [2.24, 2.45) is 5.14 Å². The Morgan fingerprint density at radius 2 is 1.90 bits per heavy atom. The summed E-state index contributed by atoms with van der Waals surface area (Å²) in [5.41, 5.74) is 2.25. The number of anilines is 1. The van der Waals surface area contributed by atoms with Gasteiger partial charge in [-0.15, -0.1) is 0 Å². The third-order valence-electron chi connectivity index (χ3n) is 4.74. The molecule has 7 nitrogen and oxygen atoms in total. The summed E-state index contributed by atoms with van der Waals surface area (Å²) in [6.07, 6.45) is 5.57. The molecule has 0 saturated carbocycles. The Hall–Kier alpha value is -2.65. The second-order valence-corrected chi connectivity index (χ2v) is 9.56. The molecule has 1 unspecified atom stereocenters. The molecule has 0 saturated heterocycles. The van der Waals surface area contributed by atoms with E-state index in [1.54, 1.807) is 24.8 Å². The molecule has 160 valence electrons. The van der Waals surface area contributed by atoms with E-state index < -0.39 is 16.1 Å². The number of hydrogen-bond acceptors (Lipinski definition) is 5. The zero-order valence-electron chi connectivity index (χ0n) is 16.2. The second-order valence-electron chi connectivity index (χ2n) is 7.11. The topological polar surface area (TPSA) is 103 Å². The minimum Gasteiger partial charge on any atom is -0.366 e. The molecule has 0 spiro atoms. The average molecular weight is 476 g/mol. The SMILES string of the molecule is NS(=O)(=O)CC(Cc1ccccc1)Nc1cc(-n2ccnc2)c2ccc(Cl)c(Cl)c2n1. The highest BCUT2D eigenvalue weighted by Crippen LogP contribution is 2.34. The standard InChI is InChI=1S/C21H19Cl2N5O2S/c22-17-7-6-16-18(28-9-8-25-13-28)11-19(27-21(16)20(17)23)26-15(12-31(24,29)30)10-14-4-2-1-3-5-14/h1-9,11,13,15H,10,12H2,(H,26,27)(H2,24,29,30). The Kier molecular flexibility index (Phi) is 6.15. The van der Waals surface area contributed by atoms with Gasteiger partial charge in [0, 0.05) is 29.9 Å². The predicted octanol–water partition coefficient (Wildman–Crippen LogP) is 4.04. The van der Waals surface area contributed by atoms with Crippen LogP contribution in [0.2, 0.25) is 10.0 Å². The Bertz CT molecular complexity index is 1310. The minimum absolute atomic E-state index is 0.259. The van der Waals surface area contributed by atoms with E-state index >= 15 is 0 Å². The summed E-state index contributed by atoms with van der Waals surface area (Å²) in [5.74, 6) is 0.190. The van der Waals surface area contributed by atoms with Crippen molar-refractivity contribution in [1.29, 1.82) is 0 Å². The van der Waals surface area contributed by atoms with Crippen molar-refractivity contribution in [1.82, 2.24) is 14.5 Å². The van der Waals surface area contributed by atoms with Crippen LogP contribution in [0.3, 0.4) is 0 Å².